The summed E-state index contributed by atoms with van der Waals surface area (Å²) in [4.78, 5) is 13.4. The van der Waals surface area contributed by atoms with E-state index in [1.807, 2.05) is 44.2 Å². The highest BCUT2D eigenvalue weighted by atomic mass is 32.2. The fourth-order valence-corrected chi connectivity index (χ4v) is 9.26. The van der Waals surface area contributed by atoms with Gasteiger partial charge in [-0.3, -0.25) is 9.35 Å². The number of rotatable bonds is 4. The molecule has 6 heteroatoms. The lowest BCUT2D eigenvalue weighted by atomic mass is 9.70. The molecule has 34 heavy (non-hydrogen) atoms. The van der Waals surface area contributed by atoms with Gasteiger partial charge in [-0.25, -0.2) is 0 Å². The molecule has 0 saturated heterocycles. The maximum absolute atomic E-state index is 13.4. The van der Waals surface area contributed by atoms with E-state index in [1.54, 1.807) is 0 Å². The van der Waals surface area contributed by atoms with E-state index < -0.39 is 32.8 Å². The second kappa shape index (κ2) is 7.14. The summed E-state index contributed by atoms with van der Waals surface area (Å²) < 4.78 is 33.0. The predicted molar refractivity (Wildman–Crippen MR) is 133 cm³/mol. The van der Waals surface area contributed by atoms with Crippen molar-refractivity contribution in [2.24, 2.45) is 33.5 Å². The first-order chi connectivity index (χ1) is 15.6. The van der Waals surface area contributed by atoms with Crippen LogP contribution in [0.3, 0.4) is 0 Å². The average molecular weight is 485 g/mol. The van der Waals surface area contributed by atoms with Crippen LogP contribution in [0.2, 0.25) is 0 Å². The van der Waals surface area contributed by atoms with Gasteiger partial charge in [0.25, 0.3) is 10.1 Å². The maximum atomic E-state index is 13.4. The van der Waals surface area contributed by atoms with Crippen LogP contribution < -0.4 is 0 Å². The van der Waals surface area contributed by atoms with Gasteiger partial charge >= 0.3 is 0 Å². The third-order valence-electron chi connectivity index (χ3n) is 10.7. The average Bonchev–Trinajstić information content (AvgIpc) is 3.22. The van der Waals surface area contributed by atoms with Crippen molar-refractivity contribution < 1.29 is 22.9 Å². The molecule has 184 valence electrons. The van der Waals surface area contributed by atoms with E-state index in [-0.39, 0.29) is 22.5 Å². The Morgan fingerprint density at radius 1 is 0.912 bits per heavy atom. The molecule has 2 N–H and O–H groups in total. The summed E-state index contributed by atoms with van der Waals surface area (Å²) in [5, 5.41) is 11.0. The van der Waals surface area contributed by atoms with Gasteiger partial charge in [-0.1, -0.05) is 65.0 Å². The topological polar surface area (TPSA) is 91.7 Å². The van der Waals surface area contributed by atoms with Gasteiger partial charge in [0.2, 0.25) is 0 Å². The molecule has 5 nitrogen and oxygen atoms in total. The summed E-state index contributed by atoms with van der Waals surface area (Å²) in [6.45, 7) is 10.6. The Bertz CT molecular complexity index is 1220. The van der Waals surface area contributed by atoms with Gasteiger partial charge < -0.3 is 5.11 Å². The summed E-state index contributed by atoms with van der Waals surface area (Å²) in [6, 6.07) is 8.00. The van der Waals surface area contributed by atoms with Gasteiger partial charge in [0.1, 0.15) is 0 Å². The molecule has 4 bridgehead atoms. The molecule has 5 unspecified atom stereocenters. The predicted octanol–water partition coefficient (Wildman–Crippen LogP) is 5.16. The first kappa shape index (κ1) is 24.0. The fourth-order valence-electron chi connectivity index (χ4n) is 7.99. The standard InChI is InChI=1S/C28H36O5S/c1-25(2)21-10-12-27(25,5)23(29)19(21)14-17-6-8-18(9-7-17)15-20-22-11-13-28(24(20)30,26(22,3)4)16-34(31,32)33/h6-9,14-15,21-23,29H,10-13,16H2,1-5H3,(H,31,32,33). The van der Waals surface area contributed by atoms with Crippen LogP contribution in [0.1, 0.15) is 71.4 Å². The first-order valence-electron chi connectivity index (χ1n) is 12.4. The molecule has 0 radical (unpaired) electrons. The number of fused-ring (bicyclic) bond motifs is 4. The van der Waals surface area contributed by atoms with Gasteiger partial charge in [0.15, 0.2) is 5.78 Å². The van der Waals surface area contributed by atoms with Crippen LogP contribution in [0, 0.1) is 33.5 Å². The molecule has 4 fully saturated rings. The van der Waals surface area contributed by atoms with E-state index in [0.717, 1.165) is 36.0 Å². The number of hydrogen-bond donors (Lipinski definition) is 2. The minimum atomic E-state index is -4.26. The molecule has 4 aliphatic rings. The van der Waals surface area contributed by atoms with E-state index in [2.05, 4.69) is 26.8 Å². The molecular weight excluding hydrogens is 448 g/mol. The van der Waals surface area contributed by atoms with E-state index in [1.165, 1.54) is 0 Å². The molecule has 1 aromatic carbocycles. The Balaban J connectivity index is 1.43. The minimum absolute atomic E-state index is 0.0179. The highest BCUT2D eigenvalue weighted by Gasteiger charge is 2.67. The van der Waals surface area contributed by atoms with Gasteiger partial charge in [0.05, 0.1) is 17.3 Å². The zero-order valence-corrected chi connectivity index (χ0v) is 21.6. The Morgan fingerprint density at radius 3 is 2.00 bits per heavy atom. The lowest BCUT2D eigenvalue weighted by molar-refractivity contribution is -0.125. The molecule has 5 atom stereocenters. The Morgan fingerprint density at radius 2 is 1.47 bits per heavy atom. The molecule has 0 aliphatic heterocycles. The largest absolute Gasteiger partial charge is 0.388 e. The maximum Gasteiger partial charge on any atom is 0.265 e. The van der Waals surface area contributed by atoms with E-state index in [9.17, 15) is 22.9 Å². The minimum Gasteiger partial charge on any atom is -0.388 e. The lowest BCUT2D eigenvalue weighted by Crippen LogP contribution is -2.42. The zero-order valence-electron chi connectivity index (χ0n) is 20.8. The van der Waals surface area contributed by atoms with Crippen LogP contribution in [0.25, 0.3) is 12.2 Å². The molecule has 4 saturated carbocycles. The molecule has 5 rings (SSSR count). The second-order valence-electron chi connectivity index (χ2n) is 12.5. The number of ketones is 1. The van der Waals surface area contributed by atoms with Crippen molar-refractivity contribution in [1.82, 2.24) is 0 Å². The van der Waals surface area contributed by atoms with Crippen molar-refractivity contribution in [2.45, 2.75) is 66.4 Å². The third kappa shape index (κ3) is 3.04. The van der Waals surface area contributed by atoms with Crippen LogP contribution in [-0.4, -0.2) is 35.7 Å². The van der Waals surface area contributed by atoms with E-state index in [0.29, 0.717) is 17.9 Å². The molecule has 0 heterocycles. The van der Waals surface area contributed by atoms with Crippen molar-refractivity contribution in [1.29, 1.82) is 0 Å². The molecular formula is C28H36O5S. The summed E-state index contributed by atoms with van der Waals surface area (Å²) in [5.74, 6) is -0.277. The number of benzene rings is 1. The van der Waals surface area contributed by atoms with Gasteiger partial charge in [0, 0.05) is 11.0 Å². The number of carbonyl (C=O) groups is 1. The van der Waals surface area contributed by atoms with Crippen molar-refractivity contribution >= 4 is 28.1 Å². The second-order valence-corrected chi connectivity index (χ2v) is 13.9. The zero-order chi connectivity index (χ0) is 24.9. The monoisotopic (exact) mass is 484 g/mol. The fraction of sp³-hybridized carbons (Fsp3) is 0.607. The summed E-state index contributed by atoms with van der Waals surface area (Å²) in [7, 11) is -4.26. The summed E-state index contributed by atoms with van der Waals surface area (Å²) >= 11 is 0. The van der Waals surface area contributed by atoms with Crippen molar-refractivity contribution in [3.63, 3.8) is 0 Å². The summed E-state index contributed by atoms with van der Waals surface area (Å²) in [5.41, 5.74) is 2.16. The van der Waals surface area contributed by atoms with Gasteiger partial charge in [-0.15, -0.1) is 0 Å². The number of aliphatic hydroxyl groups is 1. The van der Waals surface area contributed by atoms with Crippen LogP contribution in [0.15, 0.2) is 35.4 Å². The van der Waals surface area contributed by atoms with E-state index in [4.69, 9.17) is 0 Å². The highest BCUT2D eigenvalue weighted by Crippen LogP contribution is 2.68. The number of hydrogen-bond acceptors (Lipinski definition) is 4. The van der Waals surface area contributed by atoms with Crippen LogP contribution >= 0.6 is 0 Å². The Kier molecular flexibility index (Phi) is 5.03. The van der Waals surface area contributed by atoms with Gasteiger partial charge in [-0.05, 0) is 71.1 Å². The quantitative estimate of drug-likeness (QED) is 0.455. The van der Waals surface area contributed by atoms with Crippen LogP contribution in [0.4, 0.5) is 0 Å². The number of allylic oxidation sites excluding steroid dienone is 1. The normalized spacial score (nSPS) is 40.1. The lowest BCUT2D eigenvalue weighted by Gasteiger charge is -2.36. The smallest absolute Gasteiger partial charge is 0.265 e. The SMILES string of the molecule is CC1(C)C2CCC1(CS(=O)(=O)O)C(=O)C2=Cc1ccc(C=C2C3CCC(C)(C2O)C3(C)C)cc1. The Hall–Kier alpha value is -1.76. The van der Waals surface area contributed by atoms with Crippen molar-refractivity contribution in [3.8, 4) is 0 Å². The van der Waals surface area contributed by atoms with E-state index >= 15 is 0 Å². The highest BCUT2D eigenvalue weighted by molar-refractivity contribution is 7.85. The van der Waals surface area contributed by atoms with Gasteiger partial charge in [-0.2, -0.15) is 8.42 Å². The number of aliphatic hydroxyl groups excluding tert-OH is 1. The first-order valence-corrected chi connectivity index (χ1v) is 14.0. The van der Waals surface area contributed by atoms with Crippen molar-refractivity contribution in [3.05, 3.63) is 46.5 Å². The molecule has 0 aromatic heterocycles. The molecule has 4 aliphatic carbocycles. The van der Waals surface area contributed by atoms with Crippen LogP contribution in [-0.2, 0) is 14.9 Å². The Labute approximate surface area is 203 Å². The van der Waals surface area contributed by atoms with Crippen LogP contribution in [0.5, 0.6) is 0 Å². The summed E-state index contributed by atoms with van der Waals surface area (Å²) in [6.07, 6.45) is 7.01. The van der Waals surface area contributed by atoms with Crippen molar-refractivity contribution in [2.75, 3.05) is 5.75 Å². The third-order valence-corrected chi connectivity index (χ3v) is 11.5. The molecule has 0 spiro atoms. The number of carbonyl (C=O) groups excluding carboxylic acids is 1. The molecule has 0 amide bonds. The number of Topliss-reactive ketones (excluding diaryl/α,β-unsaturated/α-hetero) is 1. The molecule has 1 aromatic rings.